The Balaban J connectivity index is 2.11. The molecule has 0 aromatic heterocycles. The molecule has 0 saturated carbocycles. The number of hydrogen-bond donors (Lipinski definition) is 1. The Labute approximate surface area is 160 Å². The van der Waals surface area contributed by atoms with Crippen molar-refractivity contribution in [1.82, 2.24) is 0 Å². The number of esters is 1. The number of amides is 1. The summed E-state index contributed by atoms with van der Waals surface area (Å²) in [7, 11) is 2.86. The van der Waals surface area contributed by atoms with Crippen molar-refractivity contribution in [2.75, 3.05) is 19.5 Å². The highest BCUT2D eigenvalue weighted by Gasteiger charge is 2.23. The van der Waals surface area contributed by atoms with Crippen molar-refractivity contribution in [3.05, 3.63) is 52.0 Å². The van der Waals surface area contributed by atoms with Crippen LogP contribution in [0.3, 0.4) is 0 Å². The van der Waals surface area contributed by atoms with Crippen LogP contribution in [0.2, 0.25) is 10.0 Å². The highest BCUT2D eigenvalue weighted by atomic mass is 35.5. The first-order valence-corrected chi connectivity index (χ1v) is 8.30. The zero-order valence-corrected chi connectivity index (χ0v) is 15.9. The van der Waals surface area contributed by atoms with E-state index in [-0.39, 0.29) is 11.3 Å². The molecule has 0 aliphatic heterocycles. The van der Waals surface area contributed by atoms with Crippen LogP contribution in [0, 0.1) is 0 Å². The second-order valence-electron chi connectivity index (χ2n) is 5.20. The van der Waals surface area contributed by atoms with Crippen LogP contribution < -0.4 is 14.8 Å². The summed E-state index contributed by atoms with van der Waals surface area (Å²) in [5, 5.41) is 3.30. The maximum Gasteiger partial charge on any atom is 0.342 e. The Bertz CT molecular complexity index is 825. The van der Waals surface area contributed by atoms with Gasteiger partial charge in [-0.2, -0.15) is 0 Å². The van der Waals surface area contributed by atoms with Crippen LogP contribution >= 0.6 is 23.2 Å². The van der Waals surface area contributed by atoms with Crippen molar-refractivity contribution in [3.63, 3.8) is 0 Å². The number of nitrogens with one attached hydrogen (secondary N) is 1. The summed E-state index contributed by atoms with van der Waals surface area (Å²) < 4.78 is 15.6. The highest BCUT2D eigenvalue weighted by Crippen LogP contribution is 2.31. The third-order valence-corrected chi connectivity index (χ3v) is 4.03. The third kappa shape index (κ3) is 4.59. The number of methoxy groups -OCH3 is 2. The smallest absolute Gasteiger partial charge is 0.342 e. The average molecular weight is 398 g/mol. The van der Waals surface area contributed by atoms with Gasteiger partial charge in [0.15, 0.2) is 17.6 Å². The molecule has 0 unspecified atom stereocenters. The lowest BCUT2D eigenvalue weighted by atomic mass is 10.2. The average Bonchev–Trinajstić information content (AvgIpc) is 2.63. The standard InChI is InChI=1S/C18H17Cl2NO5/c1-10(17(22)21-14-9-11(19)7-8-13(14)20)26-18(23)12-5-4-6-15(24-2)16(12)25-3/h4-10H,1-3H3,(H,21,22)/t10-/m0/s1. The molecule has 0 saturated heterocycles. The molecule has 2 aromatic carbocycles. The van der Waals surface area contributed by atoms with Crippen molar-refractivity contribution in [3.8, 4) is 11.5 Å². The Kier molecular flexibility index (Phi) is 6.71. The van der Waals surface area contributed by atoms with Gasteiger partial charge in [-0.3, -0.25) is 4.79 Å². The SMILES string of the molecule is COc1cccc(C(=O)O[C@@H](C)C(=O)Nc2cc(Cl)ccc2Cl)c1OC. The molecule has 1 atom stereocenters. The minimum atomic E-state index is -1.08. The van der Waals surface area contributed by atoms with Crippen LogP contribution in [0.1, 0.15) is 17.3 Å². The number of hydrogen-bond acceptors (Lipinski definition) is 5. The van der Waals surface area contributed by atoms with Gasteiger partial charge in [0.25, 0.3) is 5.91 Å². The Morgan fingerprint density at radius 3 is 2.46 bits per heavy atom. The number of rotatable bonds is 6. The summed E-state index contributed by atoms with van der Waals surface area (Å²) in [4.78, 5) is 24.7. The molecular weight excluding hydrogens is 381 g/mol. The van der Waals surface area contributed by atoms with E-state index in [2.05, 4.69) is 5.32 Å². The van der Waals surface area contributed by atoms with Crippen molar-refractivity contribution >= 4 is 40.8 Å². The normalized spacial score (nSPS) is 11.4. The summed E-state index contributed by atoms with van der Waals surface area (Å²) >= 11 is 11.9. The predicted octanol–water partition coefficient (Wildman–Crippen LogP) is 4.19. The summed E-state index contributed by atoms with van der Waals surface area (Å²) in [6.45, 7) is 1.44. The van der Waals surface area contributed by atoms with Crippen molar-refractivity contribution in [2.45, 2.75) is 13.0 Å². The first-order chi connectivity index (χ1) is 12.4. The number of ether oxygens (including phenoxy) is 3. The van der Waals surface area contributed by atoms with Gasteiger partial charge in [0.05, 0.1) is 24.9 Å². The van der Waals surface area contributed by atoms with Crippen LogP contribution in [0.15, 0.2) is 36.4 Å². The first-order valence-electron chi connectivity index (χ1n) is 7.55. The lowest BCUT2D eigenvalue weighted by molar-refractivity contribution is -0.123. The molecule has 0 fully saturated rings. The molecule has 138 valence electrons. The van der Waals surface area contributed by atoms with Gasteiger partial charge in [0.2, 0.25) is 0 Å². The number of halogens is 2. The summed E-state index contributed by atoms with van der Waals surface area (Å²) in [5.74, 6) is -0.666. The van der Waals surface area contributed by atoms with Gasteiger partial charge in [-0.25, -0.2) is 4.79 Å². The van der Waals surface area contributed by atoms with Crippen LogP contribution in [0.25, 0.3) is 0 Å². The van der Waals surface area contributed by atoms with Gasteiger partial charge in [-0.1, -0.05) is 29.3 Å². The lowest BCUT2D eigenvalue weighted by Crippen LogP contribution is -2.30. The summed E-state index contributed by atoms with van der Waals surface area (Å²) in [5.41, 5.74) is 0.471. The molecule has 2 aromatic rings. The predicted molar refractivity (Wildman–Crippen MR) is 99.5 cm³/mol. The number of anilines is 1. The maximum absolute atomic E-state index is 12.4. The van der Waals surface area contributed by atoms with Crippen LogP contribution in [0.4, 0.5) is 5.69 Å². The molecule has 8 heteroatoms. The highest BCUT2D eigenvalue weighted by molar-refractivity contribution is 6.35. The van der Waals surface area contributed by atoms with Crippen LogP contribution in [0.5, 0.6) is 11.5 Å². The molecule has 26 heavy (non-hydrogen) atoms. The van der Waals surface area contributed by atoms with Gasteiger partial charge < -0.3 is 19.5 Å². The topological polar surface area (TPSA) is 73.9 Å². The molecule has 0 aliphatic carbocycles. The molecule has 1 amide bonds. The number of carbonyl (C=O) groups is 2. The van der Waals surface area contributed by atoms with Gasteiger partial charge in [-0.15, -0.1) is 0 Å². The zero-order chi connectivity index (χ0) is 19.3. The molecule has 6 nitrogen and oxygen atoms in total. The van der Waals surface area contributed by atoms with E-state index < -0.39 is 18.0 Å². The molecule has 0 bridgehead atoms. The molecular formula is C18H17Cl2NO5. The number of carbonyl (C=O) groups excluding carboxylic acids is 2. The van der Waals surface area contributed by atoms with E-state index in [1.165, 1.54) is 33.3 Å². The van der Waals surface area contributed by atoms with E-state index in [1.807, 2.05) is 0 Å². The van der Waals surface area contributed by atoms with E-state index in [9.17, 15) is 9.59 Å². The fraction of sp³-hybridized carbons (Fsp3) is 0.222. The van der Waals surface area contributed by atoms with E-state index in [0.717, 1.165) is 0 Å². The lowest BCUT2D eigenvalue weighted by Gasteiger charge is -2.16. The van der Waals surface area contributed by atoms with E-state index >= 15 is 0 Å². The first kappa shape index (κ1) is 19.9. The van der Waals surface area contributed by atoms with Crippen molar-refractivity contribution in [2.24, 2.45) is 0 Å². The van der Waals surface area contributed by atoms with Gasteiger partial charge in [0, 0.05) is 5.02 Å². The van der Waals surface area contributed by atoms with E-state index in [0.29, 0.717) is 21.5 Å². The van der Waals surface area contributed by atoms with E-state index in [4.69, 9.17) is 37.4 Å². The molecule has 0 aliphatic rings. The Hall–Kier alpha value is -2.44. The Morgan fingerprint density at radius 2 is 1.81 bits per heavy atom. The van der Waals surface area contributed by atoms with Gasteiger partial charge >= 0.3 is 5.97 Å². The van der Waals surface area contributed by atoms with Crippen LogP contribution in [-0.2, 0) is 9.53 Å². The van der Waals surface area contributed by atoms with Crippen molar-refractivity contribution in [1.29, 1.82) is 0 Å². The molecule has 1 N–H and O–H groups in total. The van der Waals surface area contributed by atoms with Gasteiger partial charge in [-0.05, 0) is 37.3 Å². The largest absolute Gasteiger partial charge is 0.493 e. The summed E-state index contributed by atoms with van der Waals surface area (Å²) in [6, 6.07) is 9.43. The van der Waals surface area contributed by atoms with Gasteiger partial charge in [0.1, 0.15) is 5.56 Å². The number of benzene rings is 2. The summed E-state index contributed by atoms with van der Waals surface area (Å²) in [6.07, 6.45) is -1.08. The fourth-order valence-corrected chi connectivity index (χ4v) is 2.49. The minimum absolute atomic E-state index is 0.146. The Morgan fingerprint density at radius 1 is 1.08 bits per heavy atom. The molecule has 2 rings (SSSR count). The zero-order valence-electron chi connectivity index (χ0n) is 14.3. The molecule has 0 spiro atoms. The second kappa shape index (κ2) is 8.78. The number of para-hydroxylation sites is 1. The van der Waals surface area contributed by atoms with Crippen LogP contribution in [-0.4, -0.2) is 32.2 Å². The third-order valence-electron chi connectivity index (χ3n) is 3.46. The maximum atomic E-state index is 12.4. The molecule has 0 radical (unpaired) electrons. The fourth-order valence-electron chi connectivity index (χ4n) is 2.15. The molecule has 0 heterocycles. The van der Waals surface area contributed by atoms with Crippen molar-refractivity contribution < 1.29 is 23.8 Å². The quantitative estimate of drug-likeness (QED) is 0.739. The van der Waals surface area contributed by atoms with E-state index in [1.54, 1.807) is 24.3 Å². The minimum Gasteiger partial charge on any atom is -0.493 e. The monoisotopic (exact) mass is 397 g/mol. The second-order valence-corrected chi connectivity index (χ2v) is 6.05.